The number of nitrogens with zero attached hydrogens (tertiary/aromatic N) is 1. The lowest BCUT2D eigenvalue weighted by molar-refractivity contribution is 0.102. The van der Waals surface area contributed by atoms with E-state index >= 15 is 0 Å². The number of nitrogens with one attached hydrogen (secondary N) is 1. The summed E-state index contributed by atoms with van der Waals surface area (Å²) in [6, 6.07) is 18.4. The molecule has 0 spiro atoms. The van der Waals surface area contributed by atoms with Crippen molar-refractivity contribution in [1.82, 2.24) is 0 Å². The Labute approximate surface area is 254 Å². The molecule has 0 saturated carbocycles. The van der Waals surface area contributed by atoms with Crippen LogP contribution in [0.1, 0.15) is 44.8 Å². The van der Waals surface area contributed by atoms with Gasteiger partial charge in [-0.1, -0.05) is 59.1 Å². The number of fused-ring (bicyclic) bond motifs is 1. The highest BCUT2D eigenvalue weighted by Gasteiger charge is 2.25. The summed E-state index contributed by atoms with van der Waals surface area (Å²) in [4.78, 5) is 19.5. The lowest BCUT2D eigenvalue weighted by atomic mass is 9.95. The van der Waals surface area contributed by atoms with Crippen molar-refractivity contribution in [3.05, 3.63) is 106 Å². The number of amides is 1. The molecule has 194 valence electrons. The molecule has 0 aliphatic heterocycles. The molecule has 1 amide bonds. The summed E-state index contributed by atoms with van der Waals surface area (Å²) in [5.74, 6) is 0.499. The maximum Gasteiger partial charge on any atom is 0.259 e. The summed E-state index contributed by atoms with van der Waals surface area (Å²) in [6.07, 6.45) is 5.75. The van der Waals surface area contributed by atoms with Gasteiger partial charge in [0.15, 0.2) is 0 Å². The standard InChI is InChI=1S/C29H22Cl3IN2O2S/c30-19-11-10-17(23(32)13-19)16-37-27-18(12-20(31)14-24(27)33)15-34-29-26(22-8-4-5-9-25(22)38-29)28(36)35-21-6-2-1-3-7-21/h1-3,6-7,10-15H,4-5,8-9,16H2,(H,35,36). The highest BCUT2D eigenvalue weighted by Crippen LogP contribution is 2.41. The summed E-state index contributed by atoms with van der Waals surface area (Å²) in [7, 11) is 0. The largest absolute Gasteiger partial charge is 0.487 e. The molecule has 0 unspecified atom stereocenters. The molecule has 1 aliphatic carbocycles. The van der Waals surface area contributed by atoms with Crippen LogP contribution in [0.3, 0.4) is 0 Å². The Hall–Kier alpha value is -2.10. The van der Waals surface area contributed by atoms with Crippen LogP contribution in [0.15, 0.2) is 65.7 Å². The van der Waals surface area contributed by atoms with Crippen molar-refractivity contribution in [1.29, 1.82) is 0 Å². The molecule has 0 radical (unpaired) electrons. The third-order valence-corrected chi connectivity index (χ3v) is 8.96. The Kier molecular flexibility index (Phi) is 8.95. The molecule has 1 aromatic heterocycles. The number of hydrogen-bond acceptors (Lipinski definition) is 4. The molecule has 0 saturated heterocycles. The molecular formula is C29H22Cl3IN2O2S. The minimum atomic E-state index is -0.141. The van der Waals surface area contributed by atoms with Crippen LogP contribution in [0.5, 0.6) is 5.75 Å². The number of rotatable bonds is 7. The lowest BCUT2D eigenvalue weighted by Crippen LogP contribution is -2.14. The number of carbonyl (C=O) groups is 1. The number of anilines is 1. The van der Waals surface area contributed by atoms with Crippen LogP contribution in [-0.4, -0.2) is 12.1 Å². The van der Waals surface area contributed by atoms with Crippen molar-refractivity contribution in [3.63, 3.8) is 0 Å². The number of aliphatic imine (C=N–C) groups is 1. The van der Waals surface area contributed by atoms with Crippen LogP contribution >= 0.6 is 68.7 Å². The number of carbonyl (C=O) groups excluding carboxylic acids is 1. The van der Waals surface area contributed by atoms with Gasteiger partial charge in [-0.15, -0.1) is 11.3 Å². The van der Waals surface area contributed by atoms with Crippen molar-refractivity contribution in [2.45, 2.75) is 32.3 Å². The molecule has 38 heavy (non-hydrogen) atoms. The Morgan fingerprint density at radius 3 is 2.61 bits per heavy atom. The molecule has 0 atom stereocenters. The number of benzene rings is 3. The van der Waals surface area contributed by atoms with Crippen LogP contribution in [0.4, 0.5) is 10.7 Å². The van der Waals surface area contributed by atoms with E-state index in [0.29, 0.717) is 36.9 Å². The summed E-state index contributed by atoms with van der Waals surface area (Å²) in [5, 5.41) is 5.40. The summed E-state index contributed by atoms with van der Waals surface area (Å²) < 4.78 is 7.04. The van der Waals surface area contributed by atoms with Crippen LogP contribution in [0, 0.1) is 3.57 Å². The molecule has 1 aliphatic rings. The first-order valence-corrected chi connectivity index (χ1v) is 15.0. The predicted octanol–water partition coefficient (Wildman–Crippen LogP) is 9.77. The van der Waals surface area contributed by atoms with Crippen LogP contribution in [0.2, 0.25) is 15.1 Å². The van der Waals surface area contributed by atoms with E-state index in [-0.39, 0.29) is 12.5 Å². The first kappa shape index (κ1) is 27.5. The van der Waals surface area contributed by atoms with Crippen molar-refractivity contribution in [2.24, 2.45) is 4.99 Å². The number of hydrogen-bond donors (Lipinski definition) is 1. The van der Waals surface area contributed by atoms with E-state index in [1.807, 2.05) is 48.5 Å². The van der Waals surface area contributed by atoms with Crippen LogP contribution in [0.25, 0.3) is 0 Å². The molecular weight excluding hydrogens is 674 g/mol. The van der Waals surface area contributed by atoms with Gasteiger partial charge in [0, 0.05) is 43.0 Å². The van der Waals surface area contributed by atoms with Crippen molar-refractivity contribution >= 4 is 91.5 Å². The predicted molar refractivity (Wildman–Crippen MR) is 168 cm³/mol. The molecule has 9 heteroatoms. The van der Waals surface area contributed by atoms with Crippen molar-refractivity contribution < 1.29 is 9.53 Å². The third-order valence-electron chi connectivity index (χ3n) is 6.16. The molecule has 5 rings (SSSR count). The smallest absolute Gasteiger partial charge is 0.259 e. The fourth-order valence-electron chi connectivity index (χ4n) is 4.34. The fourth-order valence-corrected chi connectivity index (χ4v) is 7.24. The minimum absolute atomic E-state index is 0.141. The zero-order chi connectivity index (χ0) is 26.6. The van der Waals surface area contributed by atoms with Gasteiger partial charge in [-0.3, -0.25) is 4.79 Å². The van der Waals surface area contributed by atoms with E-state index in [2.05, 4.69) is 27.9 Å². The van der Waals surface area contributed by atoms with Gasteiger partial charge in [0.25, 0.3) is 5.91 Å². The van der Waals surface area contributed by atoms with Crippen molar-refractivity contribution in [3.8, 4) is 5.75 Å². The first-order chi connectivity index (χ1) is 18.4. The van der Waals surface area contributed by atoms with E-state index in [1.165, 1.54) is 4.88 Å². The second kappa shape index (κ2) is 12.4. The quantitative estimate of drug-likeness (QED) is 0.155. The van der Waals surface area contributed by atoms with E-state index in [4.69, 9.17) is 44.5 Å². The van der Waals surface area contributed by atoms with E-state index in [1.54, 1.807) is 29.7 Å². The zero-order valence-corrected chi connectivity index (χ0v) is 25.3. The molecule has 4 nitrogen and oxygen atoms in total. The molecule has 0 fully saturated rings. The topological polar surface area (TPSA) is 50.7 Å². The van der Waals surface area contributed by atoms with Gasteiger partial charge in [0.1, 0.15) is 17.4 Å². The highest BCUT2D eigenvalue weighted by molar-refractivity contribution is 14.1. The van der Waals surface area contributed by atoms with Gasteiger partial charge in [0.05, 0.1) is 9.13 Å². The maximum atomic E-state index is 13.4. The fraction of sp³-hybridized carbons (Fsp3) is 0.172. The normalized spacial score (nSPS) is 12.9. The number of aryl methyl sites for hydroxylation is 1. The molecule has 3 aromatic carbocycles. The van der Waals surface area contributed by atoms with Crippen LogP contribution in [-0.2, 0) is 19.4 Å². The monoisotopic (exact) mass is 694 g/mol. The molecule has 0 bridgehead atoms. The Morgan fingerprint density at radius 1 is 1.03 bits per heavy atom. The Bertz CT molecular complexity index is 1520. The highest BCUT2D eigenvalue weighted by atomic mass is 127. The molecule has 1 heterocycles. The number of halogens is 4. The van der Waals surface area contributed by atoms with Crippen molar-refractivity contribution in [2.75, 3.05) is 5.32 Å². The first-order valence-electron chi connectivity index (χ1n) is 12.0. The minimum Gasteiger partial charge on any atom is -0.487 e. The number of para-hydroxylation sites is 1. The van der Waals surface area contributed by atoms with Gasteiger partial charge in [-0.2, -0.15) is 0 Å². The second-order valence-electron chi connectivity index (χ2n) is 8.80. The average molecular weight is 696 g/mol. The zero-order valence-electron chi connectivity index (χ0n) is 20.1. The Morgan fingerprint density at radius 2 is 1.82 bits per heavy atom. The Balaban J connectivity index is 1.47. The third kappa shape index (κ3) is 6.37. The van der Waals surface area contributed by atoms with Gasteiger partial charge < -0.3 is 10.1 Å². The molecule has 4 aromatic rings. The molecule has 1 N–H and O–H groups in total. The number of ether oxygens (including phenoxy) is 1. The van der Waals surface area contributed by atoms with E-state index in [9.17, 15) is 4.79 Å². The second-order valence-corrected chi connectivity index (χ2v) is 12.3. The van der Waals surface area contributed by atoms with Gasteiger partial charge in [-0.25, -0.2) is 4.99 Å². The maximum absolute atomic E-state index is 13.4. The number of thiophene rings is 1. The SMILES string of the molecule is O=C(Nc1ccccc1)c1c(N=Cc2cc(Cl)cc(I)c2OCc2ccc(Cl)cc2Cl)sc2c1CCCC2. The van der Waals surface area contributed by atoms with E-state index < -0.39 is 0 Å². The van der Waals surface area contributed by atoms with E-state index in [0.717, 1.165) is 46.1 Å². The summed E-state index contributed by atoms with van der Waals surface area (Å²) in [6.45, 7) is 0.256. The van der Waals surface area contributed by atoms with Crippen LogP contribution < -0.4 is 10.1 Å². The summed E-state index contributed by atoms with van der Waals surface area (Å²) in [5.41, 5.74) is 4.04. The average Bonchev–Trinajstić information content (AvgIpc) is 3.27. The van der Waals surface area contributed by atoms with Gasteiger partial charge in [-0.05, 0) is 90.2 Å². The lowest BCUT2D eigenvalue weighted by Gasteiger charge is -2.13. The van der Waals surface area contributed by atoms with Gasteiger partial charge >= 0.3 is 0 Å². The van der Waals surface area contributed by atoms with Gasteiger partial charge in [0.2, 0.25) is 0 Å². The summed E-state index contributed by atoms with van der Waals surface area (Å²) >= 11 is 22.6.